The summed E-state index contributed by atoms with van der Waals surface area (Å²) in [4.78, 5) is 22.3. The zero-order chi connectivity index (χ0) is 12.4. The van der Waals surface area contributed by atoms with E-state index < -0.39 is 11.5 Å². The highest BCUT2D eigenvalue weighted by Gasteiger charge is 2.12. The van der Waals surface area contributed by atoms with E-state index >= 15 is 0 Å². The molecule has 0 bridgehead atoms. The Balaban J connectivity index is 2.48. The lowest BCUT2D eigenvalue weighted by Gasteiger charge is -2.03. The number of carboxylic acids is 1. The molecule has 0 unspecified atom stereocenters. The number of nitrogens with one attached hydrogen (secondary N) is 1. The minimum atomic E-state index is -1.08. The molecule has 6 nitrogen and oxygen atoms in total. The van der Waals surface area contributed by atoms with Crippen LogP contribution in [0.25, 0.3) is 5.69 Å². The topological polar surface area (TPSA) is 95.3 Å². The van der Waals surface area contributed by atoms with Crippen molar-refractivity contribution < 1.29 is 15.0 Å². The van der Waals surface area contributed by atoms with Gasteiger partial charge in [-0.05, 0) is 12.1 Å². The van der Waals surface area contributed by atoms with E-state index in [-0.39, 0.29) is 23.4 Å². The van der Waals surface area contributed by atoms with Crippen molar-refractivity contribution in [2.45, 2.75) is 6.42 Å². The van der Waals surface area contributed by atoms with Crippen LogP contribution in [0.3, 0.4) is 0 Å². The molecule has 0 aliphatic rings. The molecule has 88 valence electrons. The number of aromatic amines is 1. The number of phenolic OH excluding ortho intramolecular Hbond substituents is 1. The fourth-order valence-corrected chi connectivity index (χ4v) is 1.53. The molecule has 0 fully saturated rings. The number of phenols is 1. The average Bonchev–Trinajstić information content (AvgIpc) is 2.61. The van der Waals surface area contributed by atoms with Gasteiger partial charge in [-0.2, -0.15) is 0 Å². The molecular formula is C11H10N2O4. The van der Waals surface area contributed by atoms with Crippen molar-refractivity contribution in [3.05, 3.63) is 46.4 Å². The molecule has 0 aliphatic heterocycles. The second-order valence-electron chi connectivity index (χ2n) is 3.50. The third-order valence-corrected chi connectivity index (χ3v) is 2.31. The maximum Gasteiger partial charge on any atom is 0.308 e. The lowest BCUT2D eigenvalue weighted by atomic mass is 10.2. The highest BCUT2D eigenvalue weighted by Crippen LogP contribution is 2.18. The number of rotatable bonds is 3. The molecule has 0 aliphatic carbocycles. The van der Waals surface area contributed by atoms with Gasteiger partial charge in [-0.25, -0.2) is 4.68 Å². The van der Waals surface area contributed by atoms with E-state index in [1.54, 1.807) is 18.2 Å². The highest BCUT2D eigenvalue weighted by molar-refractivity contribution is 5.69. The zero-order valence-electron chi connectivity index (χ0n) is 8.75. The van der Waals surface area contributed by atoms with Gasteiger partial charge in [0.05, 0.1) is 6.42 Å². The Labute approximate surface area is 95.7 Å². The van der Waals surface area contributed by atoms with Crippen LogP contribution in [0.1, 0.15) is 5.56 Å². The lowest BCUT2D eigenvalue weighted by Crippen LogP contribution is -2.19. The maximum absolute atomic E-state index is 11.8. The molecule has 2 aromatic rings. The van der Waals surface area contributed by atoms with Gasteiger partial charge in [0.1, 0.15) is 11.4 Å². The van der Waals surface area contributed by atoms with Crippen LogP contribution < -0.4 is 5.56 Å². The third kappa shape index (κ3) is 2.05. The van der Waals surface area contributed by atoms with Gasteiger partial charge in [0, 0.05) is 11.8 Å². The van der Waals surface area contributed by atoms with Gasteiger partial charge in [0.25, 0.3) is 5.56 Å². The van der Waals surface area contributed by atoms with E-state index in [1.165, 1.54) is 12.3 Å². The number of carboxylic acid groups (broad SMARTS) is 1. The number of hydrogen-bond donors (Lipinski definition) is 3. The van der Waals surface area contributed by atoms with Gasteiger partial charge in [-0.15, -0.1) is 0 Å². The van der Waals surface area contributed by atoms with E-state index in [0.29, 0.717) is 0 Å². The van der Waals surface area contributed by atoms with Crippen LogP contribution >= 0.6 is 0 Å². The Morgan fingerprint density at radius 1 is 1.35 bits per heavy atom. The summed E-state index contributed by atoms with van der Waals surface area (Å²) < 4.78 is 1.10. The predicted octanol–water partition coefficient (Wildman–Crippen LogP) is 0.498. The fourth-order valence-electron chi connectivity index (χ4n) is 1.53. The lowest BCUT2D eigenvalue weighted by molar-refractivity contribution is -0.136. The minimum absolute atomic E-state index is 0.0571. The van der Waals surface area contributed by atoms with E-state index in [1.807, 2.05) is 0 Å². The molecule has 3 N–H and O–H groups in total. The molecule has 1 heterocycles. The van der Waals surface area contributed by atoms with Crippen molar-refractivity contribution in [3.63, 3.8) is 0 Å². The van der Waals surface area contributed by atoms with Crippen molar-refractivity contribution in [1.29, 1.82) is 0 Å². The van der Waals surface area contributed by atoms with Gasteiger partial charge in [0.2, 0.25) is 0 Å². The van der Waals surface area contributed by atoms with Crippen LogP contribution in [0.15, 0.2) is 35.3 Å². The third-order valence-electron chi connectivity index (χ3n) is 2.31. The van der Waals surface area contributed by atoms with Crippen LogP contribution in [0, 0.1) is 0 Å². The van der Waals surface area contributed by atoms with Crippen LogP contribution in [-0.4, -0.2) is 26.0 Å². The molecule has 0 saturated heterocycles. The SMILES string of the molecule is O=C(O)Cc1c[nH]n(-c2ccccc2O)c1=O. The predicted molar refractivity (Wildman–Crippen MR) is 59.4 cm³/mol. The van der Waals surface area contributed by atoms with Crippen molar-refractivity contribution in [3.8, 4) is 11.4 Å². The van der Waals surface area contributed by atoms with Gasteiger partial charge >= 0.3 is 5.97 Å². The summed E-state index contributed by atoms with van der Waals surface area (Å²) in [7, 11) is 0. The first-order valence-electron chi connectivity index (χ1n) is 4.89. The maximum atomic E-state index is 11.8. The Bertz CT molecular complexity index is 612. The van der Waals surface area contributed by atoms with Gasteiger partial charge in [-0.3, -0.25) is 14.7 Å². The Kier molecular flexibility index (Phi) is 2.70. The van der Waals surface area contributed by atoms with Gasteiger partial charge in [0.15, 0.2) is 0 Å². The minimum Gasteiger partial charge on any atom is -0.506 e. The molecule has 1 aromatic heterocycles. The quantitative estimate of drug-likeness (QED) is 0.720. The zero-order valence-corrected chi connectivity index (χ0v) is 8.75. The Morgan fingerprint density at radius 2 is 2.06 bits per heavy atom. The second kappa shape index (κ2) is 4.17. The largest absolute Gasteiger partial charge is 0.506 e. The molecule has 0 amide bonds. The van der Waals surface area contributed by atoms with Crippen molar-refractivity contribution in [2.24, 2.45) is 0 Å². The number of H-pyrrole nitrogens is 1. The molecule has 0 saturated carbocycles. The molecule has 1 aromatic carbocycles. The molecular weight excluding hydrogens is 224 g/mol. The number of para-hydroxylation sites is 2. The van der Waals surface area contributed by atoms with E-state index in [9.17, 15) is 14.7 Å². The van der Waals surface area contributed by atoms with Crippen LogP contribution in [-0.2, 0) is 11.2 Å². The van der Waals surface area contributed by atoms with Crippen LogP contribution in [0.4, 0.5) is 0 Å². The monoisotopic (exact) mass is 234 g/mol. The summed E-state index contributed by atoms with van der Waals surface area (Å²) in [5.41, 5.74) is -0.0520. The smallest absolute Gasteiger partial charge is 0.308 e. The van der Waals surface area contributed by atoms with Crippen LogP contribution in [0.5, 0.6) is 5.75 Å². The number of carbonyl (C=O) groups is 1. The van der Waals surface area contributed by atoms with Crippen molar-refractivity contribution >= 4 is 5.97 Å². The van der Waals surface area contributed by atoms with E-state index in [0.717, 1.165) is 4.68 Å². The standard InChI is InChI=1S/C11H10N2O4/c14-9-4-2-1-3-8(9)13-11(17)7(6-12-13)5-10(15)16/h1-4,6,12,14H,5H2,(H,15,16). The Morgan fingerprint density at radius 3 is 2.71 bits per heavy atom. The number of aromatic nitrogens is 2. The van der Waals surface area contributed by atoms with E-state index in [2.05, 4.69) is 5.10 Å². The van der Waals surface area contributed by atoms with E-state index in [4.69, 9.17) is 5.11 Å². The molecule has 0 atom stereocenters. The van der Waals surface area contributed by atoms with Crippen LogP contribution in [0.2, 0.25) is 0 Å². The number of nitrogens with zero attached hydrogens (tertiary/aromatic N) is 1. The molecule has 6 heteroatoms. The molecule has 0 radical (unpaired) electrons. The molecule has 0 spiro atoms. The summed E-state index contributed by atoms with van der Waals surface area (Å²) >= 11 is 0. The fraction of sp³-hybridized carbons (Fsp3) is 0.0909. The van der Waals surface area contributed by atoms with Gasteiger partial charge < -0.3 is 10.2 Å². The number of benzene rings is 1. The number of hydrogen-bond acceptors (Lipinski definition) is 3. The summed E-state index contributed by atoms with van der Waals surface area (Å²) in [6, 6.07) is 6.29. The number of aliphatic carboxylic acids is 1. The number of aromatic hydroxyl groups is 1. The summed E-state index contributed by atoms with van der Waals surface area (Å²) in [6.07, 6.45) is 0.971. The Hall–Kier alpha value is -2.50. The second-order valence-corrected chi connectivity index (χ2v) is 3.50. The highest BCUT2D eigenvalue weighted by atomic mass is 16.4. The normalized spacial score (nSPS) is 10.4. The first kappa shape index (κ1) is 11.0. The first-order valence-corrected chi connectivity index (χ1v) is 4.89. The summed E-state index contributed by atoms with van der Waals surface area (Å²) in [5, 5.41) is 20.8. The van der Waals surface area contributed by atoms with Crippen molar-refractivity contribution in [1.82, 2.24) is 9.78 Å². The van der Waals surface area contributed by atoms with Gasteiger partial charge in [-0.1, -0.05) is 12.1 Å². The molecule has 2 rings (SSSR count). The average molecular weight is 234 g/mol. The molecule has 17 heavy (non-hydrogen) atoms. The summed E-state index contributed by atoms with van der Waals surface area (Å²) in [5.74, 6) is -1.14. The first-order chi connectivity index (χ1) is 8.09. The van der Waals surface area contributed by atoms with Crippen molar-refractivity contribution in [2.75, 3.05) is 0 Å². The summed E-state index contributed by atoms with van der Waals surface area (Å²) in [6.45, 7) is 0.